The maximum atomic E-state index is 5.22. The molecular formula is C52H32N4S. The number of fused-ring (bicyclic) bond motifs is 12. The van der Waals surface area contributed by atoms with Gasteiger partial charge >= 0.3 is 0 Å². The summed E-state index contributed by atoms with van der Waals surface area (Å²) < 4.78 is 2.52. The van der Waals surface area contributed by atoms with E-state index in [0.29, 0.717) is 17.5 Å². The summed E-state index contributed by atoms with van der Waals surface area (Å²) in [5, 5.41) is 2.46. The molecule has 0 N–H and O–H groups in total. The van der Waals surface area contributed by atoms with Crippen molar-refractivity contribution >= 4 is 48.6 Å². The van der Waals surface area contributed by atoms with E-state index in [4.69, 9.17) is 15.0 Å². The first-order valence-corrected chi connectivity index (χ1v) is 20.1. The molecule has 0 fully saturated rings. The Morgan fingerprint density at radius 1 is 0.368 bits per heavy atom. The van der Waals surface area contributed by atoms with Gasteiger partial charge in [0.15, 0.2) is 17.5 Å². The molecule has 4 nitrogen and oxygen atoms in total. The fourth-order valence-electron chi connectivity index (χ4n) is 9.34. The highest BCUT2D eigenvalue weighted by Gasteiger charge is 2.51. The minimum Gasteiger partial charge on any atom is -0.310 e. The lowest BCUT2D eigenvalue weighted by molar-refractivity contribution is 0.752. The number of para-hydroxylation sites is 2. The van der Waals surface area contributed by atoms with E-state index in [-0.39, 0.29) is 0 Å². The van der Waals surface area contributed by atoms with Crippen LogP contribution in [-0.2, 0) is 5.41 Å². The first kappa shape index (κ1) is 32.1. The zero-order valence-corrected chi connectivity index (χ0v) is 31.5. The minimum atomic E-state index is -0.461. The third-order valence-electron chi connectivity index (χ3n) is 11.7. The predicted molar refractivity (Wildman–Crippen MR) is 235 cm³/mol. The van der Waals surface area contributed by atoms with Crippen molar-refractivity contribution < 1.29 is 0 Å². The molecule has 2 aliphatic rings. The van der Waals surface area contributed by atoms with Crippen LogP contribution >= 0.6 is 11.3 Å². The quantitative estimate of drug-likeness (QED) is 0.180. The van der Waals surface area contributed by atoms with E-state index in [0.717, 1.165) is 33.8 Å². The van der Waals surface area contributed by atoms with Crippen LogP contribution in [0.2, 0.25) is 0 Å². The van der Waals surface area contributed by atoms with E-state index in [1.54, 1.807) is 0 Å². The summed E-state index contributed by atoms with van der Waals surface area (Å²) in [6, 6.07) is 69.7. The van der Waals surface area contributed by atoms with Gasteiger partial charge in [0, 0.05) is 42.6 Å². The number of nitrogens with zero attached hydrogens (tertiary/aromatic N) is 4. The smallest absolute Gasteiger partial charge is 0.164 e. The molecule has 0 saturated heterocycles. The normalized spacial score (nSPS) is 13.4. The van der Waals surface area contributed by atoms with Gasteiger partial charge in [0.05, 0.1) is 16.8 Å². The average molecular weight is 745 g/mol. The molecule has 57 heavy (non-hydrogen) atoms. The largest absolute Gasteiger partial charge is 0.310 e. The van der Waals surface area contributed by atoms with Gasteiger partial charge < -0.3 is 4.90 Å². The molecule has 1 aliphatic carbocycles. The van der Waals surface area contributed by atoms with Crippen molar-refractivity contribution in [2.45, 2.75) is 5.41 Å². The highest BCUT2D eigenvalue weighted by molar-refractivity contribution is 7.25. The van der Waals surface area contributed by atoms with Gasteiger partial charge in [0.2, 0.25) is 0 Å². The van der Waals surface area contributed by atoms with Crippen molar-refractivity contribution in [1.82, 2.24) is 15.0 Å². The number of anilines is 3. The van der Waals surface area contributed by atoms with Gasteiger partial charge in [-0.25, -0.2) is 15.0 Å². The first-order chi connectivity index (χ1) is 28.3. The lowest BCUT2D eigenvalue weighted by Gasteiger charge is -2.45. The van der Waals surface area contributed by atoms with Crippen LogP contribution < -0.4 is 4.90 Å². The molecule has 0 atom stereocenters. The molecule has 1 aliphatic heterocycles. The van der Waals surface area contributed by atoms with Crippen LogP contribution in [0.1, 0.15) is 22.3 Å². The summed E-state index contributed by atoms with van der Waals surface area (Å²) in [5.41, 5.74) is 13.4. The van der Waals surface area contributed by atoms with Crippen LogP contribution in [-0.4, -0.2) is 15.0 Å². The molecule has 0 unspecified atom stereocenters. The van der Waals surface area contributed by atoms with Crippen molar-refractivity contribution in [1.29, 1.82) is 0 Å². The van der Waals surface area contributed by atoms with E-state index in [2.05, 4.69) is 181 Å². The fourth-order valence-corrected chi connectivity index (χ4v) is 10.4. The van der Waals surface area contributed by atoms with Crippen LogP contribution in [0.4, 0.5) is 17.1 Å². The first-order valence-electron chi connectivity index (χ1n) is 19.3. The average Bonchev–Trinajstić information content (AvgIpc) is 3.80. The van der Waals surface area contributed by atoms with E-state index in [1.807, 2.05) is 29.5 Å². The molecule has 3 heterocycles. The lowest BCUT2D eigenvalue weighted by atomic mass is 9.64. The standard InChI is InChI=1S/C52H32N4S/c1-2-15-33(16-3-1)49-53-50(55-51(54-49)35-29-30-48-40(32-35)39-21-6-13-28-47(39)57-48)34-17-14-18-36(31-34)56-45-26-11-9-24-43(45)52(44-25-10-12-27-46(44)56)41-22-7-4-19-37(41)38-20-5-8-23-42(38)52/h1-32H. The van der Waals surface area contributed by atoms with Gasteiger partial charge in [-0.15, -0.1) is 11.3 Å². The number of hydrogen-bond acceptors (Lipinski definition) is 5. The van der Waals surface area contributed by atoms with Crippen molar-refractivity contribution in [3.05, 3.63) is 216 Å². The third-order valence-corrected chi connectivity index (χ3v) is 12.9. The third kappa shape index (κ3) is 4.70. The summed E-state index contributed by atoms with van der Waals surface area (Å²) in [6.07, 6.45) is 0. The molecule has 0 bridgehead atoms. The maximum absolute atomic E-state index is 5.22. The Hall–Kier alpha value is -7.21. The highest BCUT2D eigenvalue weighted by atomic mass is 32.1. The van der Waals surface area contributed by atoms with Gasteiger partial charge in [-0.05, 0) is 81.9 Å². The van der Waals surface area contributed by atoms with Crippen molar-refractivity contribution in [2.75, 3.05) is 4.90 Å². The van der Waals surface area contributed by atoms with Crippen molar-refractivity contribution in [2.24, 2.45) is 0 Å². The Kier molecular flexibility index (Phi) is 6.98. The molecular weight excluding hydrogens is 713 g/mol. The number of aromatic nitrogens is 3. The zero-order valence-electron chi connectivity index (χ0n) is 30.7. The number of benzene rings is 8. The summed E-state index contributed by atoms with van der Waals surface area (Å²) >= 11 is 1.81. The molecule has 1 spiro atoms. The van der Waals surface area contributed by atoms with Gasteiger partial charge in [0.1, 0.15) is 0 Å². The Morgan fingerprint density at radius 2 is 0.877 bits per heavy atom. The maximum Gasteiger partial charge on any atom is 0.164 e. The SMILES string of the molecule is c1ccc(-c2nc(-c3cccc(N4c5ccccc5C5(c6ccccc6-c6ccccc65)c5ccccc54)c3)nc(-c3ccc4sc5ccccc5c4c3)n2)cc1. The highest BCUT2D eigenvalue weighted by Crippen LogP contribution is 2.63. The zero-order chi connectivity index (χ0) is 37.5. The van der Waals surface area contributed by atoms with Crippen molar-refractivity contribution in [3.63, 3.8) is 0 Å². The fraction of sp³-hybridized carbons (Fsp3) is 0.0192. The summed E-state index contributed by atoms with van der Waals surface area (Å²) in [7, 11) is 0. The van der Waals surface area contributed by atoms with Crippen LogP contribution in [0, 0.1) is 0 Å². The Bertz CT molecular complexity index is 3130. The molecule has 0 radical (unpaired) electrons. The second-order valence-electron chi connectivity index (χ2n) is 14.7. The number of hydrogen-bond donors (Lipinski definition) is 0. The molecule has 2 aromatic heterocycles. The Labute approximate surface area is 334 Å². The van der Waals surface area contributed by atoms with Gasteiger partial charge in [-0.3, -0.25) is 0 Å². The molecule has 0 saturated carbocycles. The minimum absolute atomic E-state index is 0.461. The van der Waals surface area contributed by atoms with Gasteiger partial charge in [-0.2, -0.15) is 0 Å². The van der Waals surface area contributed by atoms with Gasteiger partial charge in [-0.1, -0.05) is 146 Å². The number of rotatable bonds is 4. The second kappa shape index (κ2) is 12.4. The van der Waals surface area contributed by atoms with E-state index >= 15 is 0 Å². The molecule has 0 amide bonds. The molecule has 10 aromatic rings. The molecule has 266 valence electrons. The summed E-state index contributed by atoms with van der Waals surface area (Å²) in [4.78, 5) is 17.9. The Balaban J connectivity index is 1.05. The van der Waals surface area contributed by atoms with E-state index < -0.39 is 5.41 Å². The monoisotopic (exact) mass is 744 g/mol. The molecule has 8 aromatic carbocycles. The second-order valence-corrected chi connectivity index (χ2v) is 15.8. The summed E-state index contributed by atoms with van der Waals surface area (Å²) in [5.74, 6) is 1.92. The molecule has 5 heteroatoms. The van der Waals surface area contributed by atoms with Gasteiger partial charge in [0.25, 0.3) is 0 Å². The lowest BCUT2D eigenvalue weighted by Crippen LogP contribution is -2.36. The topological polar surface area (TPSA) is 41.9 Å². The number of thiophene rings is 1. The van der Waals surface area contributed by atoms with Crippen LogP contribution in [0.3, 0.4) is 0 Å². The van der Waals surface area contributed by atoms with Crippen LogP contribution in [0.15, 0.2) is 194 Å². The predicted octanol–water partition coefficient (Wildman–Crippen LogP) is 13.4. The van der Waals surface area contributed by atoms with E-state index in [1.165, 1.54) is 53.6 Å². The van der Waals surface area contributed by atoms with E-state index in [9.17, 15) is 0 Å². The van der Waals surface area contributed by atoms with Crippen molar-refractivity contribution in [3.8, 4) is 45.3 Å². The van der Waals surface area contributed by atoms with Crippen LogP contribution in [0.5, 0.6) is 0 Å². The Morgan fingerprint density at radius 3 is 1.56 bits per heavy atom. The molecule has 12 rings (SSSR count). The van der Waals surface area contributed by atoms with Crippen LogP contribution in [0.25, 0.3) is 65.5 Å². The summed E-state index contributed by atoms with van der Waals surface area (Å²) in [6.45, 7) is 0.